The van der Waals surface area contributed by atoms with Gasteiger partial charge in [-0.25, -0.2) is 28.8 Å². The number of hydrogen-bond donors (Lipinski definition) is 2. The molecule has 1 saturated carbocycles. The van der Waals surface area contributed by atoms with Crippen LogP contribution in [0, 0.1) is 11.8 Å². The van der Waals surface area contributed by atoms with E-state index in [4.69, 9.17) is 28.8 Å². The normalized spacial score (nSPS) is 17.7. The van der Waals surface area contributed by atoms with Gasteiger partial charge in [0.25, 0.3) is 0 Å². The molecule has 1 fully saturated rings. The van der Waals surface area contributed by atoms with Crippen molar-refractivity contribution in [1.82, 2.24) is 0 Å². The molecular weight excluding hydrogens is 784 g/mol. The van der Waals surface area contributed by atoms with E-state index >= 15 is 0 Å². The summed E-state index contributed by atoms with van der Waals surface area (Å²) in [6.45, 7) is -0.752. The number of benzene rings is 1. The fourth-order valence-corrected chi connectivity index (χ4v) is 6.02. The summed E-state index contributed by atoms with van der Waals surface area (Å²) in [6.07, 6.45) is 4.14. The Bertz CT molecular complexity index is 1540. The number of unbranched alkanes of at least 4 members (excludes halogenated alkanes) is 1. The van der Waals surface area contributed by atoms with Crippen molar-refractivity contribution in [3.8, 4) is 0 Å². The topological polar surface area (TPSA) is 260 Å². The van der Waals surface area contributed by atoms with Crippen LogP contribution in [0.25, 0.3) is 0 Å². The molecule has 0 aromatic heterocycles. The number of esters is 7. The molecule has 1 aliphatic rings. The number of carbonyl (C=O) groups is 8. The number of aliphatic hydroxyl groups excluding tert-OH is 2. The predicted molar refractivity (Wildman–Crippen MR) is 199 cm³/mol. The first kappa shape index (κ1) is 49.6. The van der Waals surface area contributed by atoms with E-state index in [1.165, 1.54) is 6.92 Å². The van der Waals surface area contributed by atoms with Crippen molar-refractivity contribution in [2.24, 2.45) is 11.8 Å². The van der Waals surface area contributed by atoms with Crippen LogP contribution < -0.4 is 0 Å². The van der Waals surface area contributed by atoms with Gasteiger partial charge in [0.1, 0.15) is 12.2 Å². The van der Waals surface area contributed by atoms with Gasteiger partial charge in [-0.15, -0.1) is 0 Å². The Balaban J connectivity index is 1.92. The molecule has 0 aliphatic heterocycles. The highest BCUT2D eigenvalue weighted by atomic mass is 16.7. The highest BCUT2D eigenvalue weighted by molar-refractivity contribution is 5.82. The van der Waals surface area contributed by atoms with Gasteiger partial charge < -0.3 is 52.8 Å². The van der Waals surface area contributed by atoms with Crippen LogP contribution in [0.5, 0.6) is 0 Å². The summed E-state index contributed by atoms with van der Waals surface area (Å²) in [5.41, 5.74) is 1.07. The third-order valence-electron chi connectivity index (χ3n) is 8.61. The maximum Gasteiger partial charge on any atom is 0.509 e. The minimum absolute atomic E-state index is 0.123. The second-order valence-corrected chi connectivity index (χ2v) is 13.6. The summed E-state index contributed by atoms with van der Waals surface area (Å²) in [5, 5.41) is 19.3. The van der Waals surface area contributed by atoms with E-state index in [0.717, 1.165) is 5.56 Å². The molecule has 0 saturated heterocycles. The number of aliphatic hydroxyl groups is 2. The average molecular weight is 839 g/mol. The number of hydrogen-bond acceptors (Lipinski definition) is 19. The van der Waals surface area contributed by atoms with E-state index in [-0.39, 0.29) is 30.8 Å². The lowest BCUT2D eigenvalue weighted by atomic mass is 9.85. The van der Waals surface area contributed by atoms with Gasteiger partial charge in [-0.3, -0.25) is 9.59 Å². The summed E-state index contributed by atoms with van der Waals surface area (Å²) in [4.78, 5) is 95.0. The second kappa shape index (κ2) is 28.0. The van der Waals surface area contributed by atoms with Gasteiger partial charge in [-0.1, -0.05) is 42.5 Å². The van der Waals surface area contributed by atoms with Crippen molar-refractivity contribution in [2.75, 3.05) is 39.8 Å². The van der Waals surface area contributed by atoms with Crippen LogP contribution in [0.2, 0.25) is 0 Å². The van der Waals surface area contributed by atoms with E-state index in [0.29, 0.717) is 44.9 Å². The molecule has 0 unspecified atom stereocenters. The summed E-state index contributed by atoms with van der Waals surface area (Å²) in [5.74, 6) is -7.21. The smallest absolute Gasteiger partial charge is 0.463 e. The van der Waals surface area contributed by atoms with Gasteiger partial charge in [-0.05, 0) is 64.4 Å². The summed E-state index contributed by atoms with van der Waals surface area (Å²) >= 11 is 0. The third kappa shape index (κ3) is 22.2. The zero-order valence-corrected chi connectivity index (χ0v) is 33.4. The van der Waals surface area contributed by atoms with Crippen LogP contribution in [0.3, 0.4) is 0 Å². The molecule has 1 aliphatic carbocycles. The van der Waals surface area contributed by atoms with Crippen molar-refractivity contribution in [2.45, 2.75) is 103 Å². The number of ether oxygens (including phenoxy) is 9. The molecule has 19 heteroatoms. The van der Waals surface area contributed by atoms with Crippen molar-refractivity contribution in [3.63, 3.8) is 0 Å². The molecule has 1 aromatic carbocycles. The Morgan fingerprint density at radius 1 is 0.695 bits per heavy atom. The van der Waals surface area contributed by atoms with Crippen LogP contribution in [0.15, 0.2) is 42.5 Å². The number of aryl methyl sites for hydroxylation is 1. The zero-order valence-electron chi connectivity index (χ0n) is 33.4. The van der Waals surface area contributed by atoms with Gasteiger partial charge in [0.15, 0.2) is 39.8 Å². The van der Waals surface area contributed by atoms with Crippen LogP contribution in [-0.2, 0) is 82.6 Å². The number of rotatable bonds is 26. The molecule has 0 bridgehead atoms. The van der Waals surface area contributed by atoms with E-state index in [9.17, 15) is 43.5 Å². The van der Waals surface area contributed by atoms with Gasteiger partial charge >= 0.3 is 47.9 Å². The van der Waals surface area contributed by atoms with Crippen LogP contribution >= 0.6 is 0 Å². The van der Waals surface area contributed by atoms with E-state index in [1.807, 2.05) is 42.5 Å². The van der Waals surface area contributed by atoms with Crippen molar-refractivity contribution in [3.05, 3.63) is 48.0 Å². The third-order valence-corrected chi connectivity index (χ3v) is 8.61. The number of carbonyl (C=O) groups excluding carboxylic acids is 8. The Morgan fingerprint density at radius 3 is 1.78 bits per heavy atom. The Morgan fingerprint density at radius 2 is 1.24 bits per heavy atom. The summed E-state index contributed by atoms with van der Waals surface area (Å²) < 4.78 is 43.7. The molecule has 2 rings (SSSR count). The highest BCUT2D eigenvalue weighted by Crippen LogP contribution is 2.42. The quantitative estimate of drug-likeness (QED) is 0.0447. The molecule has 1 aromatic rings. The molecule has 0 heterocycles. The fourth-order valence-electron chi connectivity index (χ4n) is 6.02. The largest absolute Gasteiger partial charge is 0.509 e. The van der Waals surface area contributed by atoms with Crippen molar-refractivity contribution >= 4 is 47.9 Å². The molecule has 2 N–H and O–H groups in total. The molecule has 0 radical (unpaired) electrons. The first-order valence-corrected chi connectivity index (χ1v) is 19.1. The first-order valence-electron chi connectivity index (χ1n) is 19.1. The summed E-state index contributed by atoms with van der Waals surface area (Å²) in [7, 11) is 0. The molecule has 5 atom stereocenters. The maximum atomic E-state index is 12.8. The minimum Gasteiger partial charge on any atom is -0.463 e. The molecule has 0 amide bonds. The SMILES string of the molecule is CC(=O)O[C@H]1C[C@@H](OC(=O)OCC(=O)OCC(=O)OCC(=O)OCC(=O)OCC(=O)OCO)[C@H](CC[C@@H](O)CCc2ccccc2)[C@H]1C/C=C\CCCC(=O)OC(C)C. The molecule has 19 nitrogen and oxygen atoms in total. The second-order valence-electron chi connectivity index (χ2n) is 13.6. The maximum absolute atomic E-state index is 12.8. The van der Waals surface area contributed by atoms with Gasteiger partial charge in [0.2, 0.25) is 0 Å². The lowest BCUT2D eigenvalue weighted by molar-refractivity contribution is -0.171. The molecule has 59 heavy (non-hydrogen) atoms. The molecular formula is C40H54O19. The average Bonchev–Trinajstić information content (AvgIpc) is 3.50. The molecule has 0 spiro atoms. The van der Waals surface area contributed by atoms with Gasteiger partial charge in [0, 0.05) is 31.6 Å². The molecule has 328 valence electrons. The van der Waals surface area contributed by atoms with E-state index in [2.05, 4.69) is 18.9 Å². The van der Waals surface area contributed by atoms with Crippen molar-refractivity contribution in [1.29, 1.82) is 0 Å². The van der Waals surface area contributed by atoms with E-state index < -0.39 is 106 Å². The van der Waals surface area contributed by atoms with Gasteiger partial charge in [0.05, 0.1) is 12.2 Å². The Kier molecular flexibility index (Phi) is 23.5. The summed E-state index contributed by atoms with van der Waals surface area (Å²) in [6, 6.07) is 9.68. The standard InChI is InChI=1S/C40H54O19/c1-26(2)57-34(44)14-10-5-4-9-13-30-31(18-17-29(43)16-15-28-11-7-6-8-12-28)33(19-32(30)58-27(3)42)59-40(50)55-24-38(48)53-22-36(46)51-20-35(45)52-21-37(47)54-23-39(49)56-25-41/h4,6-9,11-12,26,29-33,41,43H,5,10,13-25H2,1-3H3/b9-4-/t29-,30+,31+,32-,33+/m0/s1. The zero-order chi connectivity index (χ0) is 43.6. The minimum atomic E-state index is -1.23. The van der Waals surface area contributed by atoms with Crippen LogP contribution in [0.4, 0.5) is 4.79 Å². The first-order chi connectivity index (χ1) is 28.2. The fraction of sp³-hybridized carbons (Fsp3) is 0.600. The van der Waals surface area contributed by atoms with Crippen LogP contribution in [-0.4, -0.2) is 122 Å². The highest BCUT2D eigenvalue weighted by Gasteiger charge is 2.46. The van der Waals surface area contributed by atoms with E-state index in [1.54, 1.807) is 13.8 Å². The van der Waals surface area contributed by atoms with Crippen molar-refractivity contribution < 1.29 is 91.2 Å². The lowest BCUT2D eigenvalue weighted by Crippen LogP contribution is -2.29. The van der Waals surface area contributed by atoms with Crippen LogP contribution in [0.1, 0.15) is 77.7 Å². The number of allylic oxidation sites excluding steroid dienone is 2. The van der Waals surface area contributed by atoms with Gasteiger partial charge in [-0.2, -0.15) is 0 Å². The lowest BCUT2D eigenvalue weighted by Gasteiger charge is -2.26. The Hall–Kier alpha value is -5.56. The monoisotopic (exact) mass is 838 g/mol. The predicted octanol–water partition coefficient (Wildman–Crippen LogP) is 2.58. The Labute approximate surface area is 341 Å².